The fourth-order valence-corrected chi connectivity index (χ4v) is 3.05. The number of pyridine rings is 1. The summed E-state index contributed by atoms with van der Waals surface area (Å²) in [5.74, 6) is -0.327. The summed E-state index contributed by atoms with van der Waals surface area (Å²) in [7, 11) is 0. The molecule has 3 rings (SSSR count). The first-order valence-corrected chi connectivity index (χ1v) is 6.56. The molecule has 1 aliphatic heterocycles. The average molecular weight is 273 g/mol. The molecule has 0 saturated carbocycles. The van der Waals surface area contributed by atoms with Crippen molar-refractivity contribution in [2.45, 2.75) is 12.5 Å². The molecule has 1 aliphatic rings. The lowest BCUT2D eigenvalue weighted by Gasteiger charge is -2.18. The lowest BCUT2D eigenvalue weighted by atomic mass is 10.0. The number of amides is 3. The van der Waals surface area contributed by atoms with E-state index in [1.165, 1.54) is 11.3 Å². The van der Waals surface area contributed by atoms with Gasteiger partial charge in [-0.05, 0) is 31.2 Å². The Kier molecular flexibility index (Phi) is 2.60. The van der Waals surface area contributed by atoms with Crippen LogP contribution in [0.4, 0.5) is 4.79 Å². The van der Waals surface area contributed by atoms with Crippen LogP contribution in [0.3, 0.4) is 0 Å². The largest absolute Gasteiger partial charge is 0.322 e. The molecule has 6 heteroatoms. The molecule has 19 heavy (non-hydrogen) atoms. The number of nitrogens with zero attached hydrogens (tertiary/aromatic N) is 1. The predicted octanol–water partition coefficient (Wildman–Crippen LogP) is 1.86. The second-order valence-corrected chi connectivity index (χ2v) is 5.50. The molecule has 1 atom stereocenters. The number of aromatic nitrogens is 1. The van der Waals surface area contributed by atoms with Crippen molar-refractivity contribution in [2.75, 3.05) is 0 Å². The maximum atomic E-state index is 11.8. The normalized spacial score (nSPS) is 22.2. The first-order valence-electron chi connectivity index (χ1n) is 5.75. The van der Waals surface area contributed by atoms with E-state index in [0.717, 1.165) is 15.4 Å². The van der Waals surface area contributed by atoms with Crippen LogP contribution in [0.2, 0.25) is 0 Å². The van der Waals surface area contributed by atoms with E-state index in [4.69, 9.17) is 0 Å². The van der Waals surface area contributed by atoms with Crippen LogP contribution >= 0.6 is 11.3 Å². The van der Waals surface area contributed by atoms with Gasteiger partial charge in [-0.15, -0.1) is 11.3 Å². The molecule has 3 amide bonds. The zero-order valence-corrected chi connectivity index (χ0v) is 11.0. The van der Waals surface area contributed by atoms with Crippen LogP contribution in [-0.4, -0.2) is 16.9 Å². The number of hydrogen-bond donors (Lipinski definition) is 2. The highest BCUT2D eigenvalue weighted by Gasteiger charge is 2.44. The Morgan fingerprint density at radius 3 is 2.68 bits per heavy atom. The van der Waals surface area contributed by atoms with Crippen molar-refractivity contribution in [2.24, 2.45) is 0 Å². The highest BCUT2D eigenvalue weighted by molar-refractivity contribution is 7.15. The Morgan fingerprint density at radius 1 is 1.21 bits per heavy atom. The van der Waals surface area contributed by atoms with Crippen molar-refractivity contribution in [3.05, 3.63) is 41.4 Å². The number of nitrogens with one attached hydrogen (secondary N) is 2. The van der Waals surface area contributed by atoms with Gasteiger partial charge in [0.25, 0.3) is 5.91 Å². The Morgan fingerprint density at radius 2 is 2.05 bits per heavy atom. The number of hydrogen-bond acceptors (Lipinski definition) is 4. The predicted molar refractivity (Wildman–Crippen MR) is 71.6 cm³/mol. The maximum Gasteiger partial charge on any atom is 0.322 e. The van der Waals surface area contributed by atoms with E-state index < -0.39 is 11.6 Å². The molecule has 0 aromatic carbocycles. The topological polar surface area (TPSA) is 71.1 Å². The van der Waals surface area contributed by atoms with Gasteiger partial charge in [0, 0.05) is 11.1 Å². The molecule has 0 aliphatic carbocycles. The second kappa shape index (κ2) is 4.17. The van der Waals surface area contributed by atoms with E-state index in [0.29, 0.717) is 0 Å². The lowest BCUT2D eigenvalue weighted by molar-refractivity contribution is -0.123. The molecule has 2 aromatic heterocycles. The summed E-state index contributed by atoms with van der Waals surface area (Å²) >= 11 is 1.45. The number of urea groups is 1. The van der Waals surface area contributed by atoms with Gasteiger partial charge < -0.3 is 5.32 Å². The summed E-state index contributed by atoms with van der Waals surface area (Å²) in [5.41, 5.74) is -0.138. The highest BCUT2D eigenvalue weighted by Crippen LogP contribution is 2.34. The van der Waals surface area contributed by atoms with Crippen molar-refractivity contribution < 1.29 is 9.59 Å². The molecule has 2 N–H and O–H groups in total. The minimum Gasteiger partial charge on any atom is -0.319 e. The van der Waals surface area contributed by atoms with E-state index in [9.17, 15) is 9.59 Å². The SMILES string of the molecule is C[C@]1(c2ccc(-c3ccccn3)s2)NC(=O)NC1=O. The third-order valence-corrected chi connectivity index (χ3v) is 4.39. The van der Waals surface area contributed by atoms with Gasteiger partial charge in [0.05, 0.1) is 10.6 Å². The summed E-state index contributed by atoms with van der Waals surface area (Å²) in [4.78, 5) is 29.1. The molecular formula is C13H11N3O2S. The van der Waals surface area contributed by atoms with Gasteiger partial charge in [-0.3, -0.25) is 15.1 Å². The van der Waals surface area contributed by atoms with Crippen LogP contribution in [0.1, 0.15) is 11.8 Å². The van der Waals surface area contributed by atoms with Gasteiger partial charge in [-0.2, -0.15) is 0 Å². The van der Waals surface area contributed by atoms with Crippen LogP contribution in [0.5, 0.6) is 0 Å². The van der Waals surface area contributed by atoms with Crippen LogP contribution in [-0.2, 0) is 10.3 Å². The Balaban J connectivity index is 1.98. The standard InChI is InChI=1S/C13H11N3O2S/c1-13(11(17)15-12(18)16-13)10-6-5-9(19-10)8-4-2-3-7-14-8/h2-7H,1H3,(H2,15,16,17,18)/t13-/m1/s1. The summed E-state index contributed by atoms with van der Waals surface area (Å²) in [6.07, 6.45) is 1.72. The molecule has 96 valence electrons. The van der Waals surface area contributed by atoms with Crippen molar-refractivity contribution >= 4 is 23.3 Å². The van der Waals surface area contributed by atoms with Gasteiger partial charge in [-0.1, -0.05) is 6.07 Å². The van der Waals surface area contributed by atoms with Crippen molar-refractivity contribution in [3.8, 4) is 10.6 Å². The number of thiophene rings is 1. The number of rotatable bonds is 2. The summed E-state index contributed by atoms with van der Waals surface area (Å²) in [6.45, 7) is 1.70. The van der Waals surface area contributed by atoms with Crippen LogP contribution in [0, 0.1) is 0 Å². The molecule has 5 nitrogen and oxygen atoms in total. The smallest absolute Gasteiger partial charge is 0.319 e. The molecule has 1 fully saturated rings. The minimum atomic E-state index is -0.991. The van der Waals surface area contributed by atoms with Crippen LogP contribution < -0.4 is 10.6 Å². The molecular weight excluding hydrogens is 262 g/mol. The van der Waals surface area contributed by atoms with Crippen molar-refractivity contribution in [3.63, 3.8) is 0 Å². The number of carbonyl (C=O) groups excluding carboxylic acids is 2. The lowest BCUT2D eigenvalue weighted by Crippen LogP contribution is -2.39. The Hall–Kier alpha value is -2.21. The molecule has 0 unspecified atom stereocenters. The zero-order chi connectivity index (χ0) is 13.5. The van der Waals surface area contributed by atoms with Crippen molar-refractivity contribution in [1.29, 1.82) is 0 Å². The van der Waals surface area contributed by atoms with Crippen LogP contribution in [0.15, 0.2) is 36.5 Å². The first kappa shape index (κ1) is 11.9. The van der Waals surface area contributed by atoms with E-state index in [1.54, 1.807) is 13.1 Å². The fraction of sp³-hybridized carbons (Fsp3) is 0.154. The number of imide groups is 1. The molecule has 1 saturated heterocycles. The average Bonchev–Trinajstić information content (AvgIpc) is 2.97. The van der Waals surface area contributed by atoms with Gasteiger partial charge in [0.2, 0.25) is 0 Å². The van der Waals surface area contributed by atoms with Crippen molar-refractivity contribution in [1.82, 2.24) is 15.6 Å². The zero-order valence-electron chi connectivity index (χ0n) is 10.1. The van der Waals surface area contributed by atoms with E-state index in [2.05, 4.69) is 15.6 Å². The molecule has 0 bridgehead atoms. The van der Waals surface area contributed by atoms with Gasteiger partial charge in [0.1, 0.15) is 0 Å². The first-order chi connectivity index (χ1) is 9.09. The third kappa shape index (κ3) is 1.90. The van der Waals surface area contributed by atoms with E-state index >= 15 is 0 Å². The summed E-state index contributed by atoms with van der Waals surface area (Å²) in [5, 5.41) is 4.91. The highest BCUT2D eigenvalue weighted by atomic mass is 32.1. The van der Waals surface area contributed by atoms with E-state index in [1.807, 2.05) is 30.3 Å². The second-order valence-electron chi connectivity index (χ2n) is 4.41. The van der Waals surface area contributed by atoms with Gasteiger partial charge >= 0.3 is 6.03 Å². The third-order valence-electron chi connectivity index (χ3n) is 3.06. The monoisotopic (exact) mass is 273 g/mol. The molecule has 3 heterocycles. The van der Waals surface area contributed by atoms with Gasteiger partial charge in [-0.25, -0.2) is 4.79 Å². The summed E-state index contributed by atoms with van der Waals surface area (Å²) in [6, 6.07) is 8.97. The fourth-order valence-electron chi connectivity index (χ4n) is 1.97. The van der Waals surface area contributed by atoms with E-state index in [-0.39, 0.29) is 5.91 Å². The molecule has 2 aromatic rings. The Labute approximate surface area is 113 Å². The quantitative estimate of drug-likeness (QED) is 0.820. The summed E-state index contributed by atoms with van der Waals surface area (Å²) < 4.78 is 0. The maximum absolute atomic E-state index is 11.8. The number of carbonyl (C=O) groups is 2. The minimum absolute atomic E-state index is 0.327. The van der Waals surface area contributed by atoms with Gasteiger partial charge in [0.15, 0.2) is 5.54 Å². The molecule has 0 radical (unpaired) electrons. The van der Waals surface area contributed by atoms with Crippen LogP contribution in [0.25, 0.3) is 10.6 Å². The Bertz CT molecular complexity index is 653. The molecule has 0 spiro atoms.